The van der Waals surface area contributed by atoms with Crippen molar-refractivity contribution in [2.24, 2.45) is 5.11 Å². The van der Waals surface area contributed by atoms with Gasteiger partial charge < -0.3 is 118 Å². The number of nitrogens with zero attached hydrogens (tertiary/aromatic N) is 13. The quantitative estimate of drug-likeness (QED) is 0.0221. The number of anilines is 4. The summed E-state index contributed by atoms with van der Waals surface area (Å²) in [5, 5.41) is 124. The molecule has 105 heavy (non-hydrogen) atoms. The van der Waals surface area contributed by atoms with Gasteiger partial charge in [-0.25, -0.2) is 33.2 Å². The number of aromatic amines is 2. The topological polar surface area (TPSA) is 720 Å². The van der Waals surface area contributed by atoms with E-state index in [1.165, 1.54) is 52.1 Å². The predicted molar refractivity (Wildman–Crippen MR) is 343 cm³/mol. The number of aliphatic hydroxyl groups excluding tert-OH is 13. The molecule has 0 aliphatic carbocycles. The number of halogens is 3. The van der Waals surface area contributed by atoms with Crippen LogP contribution in [0, 0.1) is 6.92 Å². The van der Waals surface area contributed by atoms with Gasteiger partial charge >= 0.3 is 40.1 Å². The average Bonchev–Trinajstić information content (AvgIpc) is 1.63. The van der Waals surface area contributed by atoms with Crippen LogP contribution in [0.3, 0.4) is 0 Å². The van der Waals surface area contributed by atoms with Crippen molar-refractivity contribution in [1.29, 1.82) is 0 Å². The van der Waals surface area contributed by atoms with Crippen LogP contribution in [0.1, 0.15) is 56.3 Å². The maximum absolute atomic E-state index is 14.3. The summed E-state index contributed by atoms with van der Waals surface area (Å²) in [6.45, 7) is -0.431. The summed E-state index contributed by atoms with van der Waals surface area (Å²) in [4.78, 5) is 112. The van der Waals surface area contributed by atoms with E-state index in [0.717, 1.165) is 45.2 Å². The molecule has 49 heteroatoms. The average molecular weight is 1500 g/mol. The van der Waals surface area contributed by atoms with Gasteiger partial charge in [-0.3, -0.25) is 47.0 Å². The summed E-state index contributed by atoms with van der Waals surface area (Å²) < 4.78 is 78.4. The Balaban J connectivity index is 0.000000176. The van der Waals surface area contributed by atoms with E-state index in [9.17, 15) is 92.4 Å². The molecule has 0 aromatic carbocycles. The molecular formula is C56H74F3N19O27. The fourth-order valence-corrected chi connectivity index (χ4v) is 10.6. The van der Waals surface area contributed by atoms with Gasteiger partial charge in [-0.2, -0.15) is 28.7 Å². The fourth-order valence-electron chi connectivity index (χ4n) is 10.6. The SMILES string of the molecule is C[C@@]1(F)[C@H](O)[C@@H](CO)O[C@H]1n1ccc(=O)[nH]c1=O.Cc1cn([C@H]2C=C[C@@H](CO)O2)c(=O)[nH]c1=O.Nc1ccn([C@@H]2OC(CO)[C@@H](O)[C@@H]2O)c(=O)n1.Nc1ccn([C@@H]2O[C@H](CO)[C@@H](O)C2(F)F)c(=O)n1.Nc1ccn([C@H]2C[C@H](O)[C@@H](CO)O2)c(=O)n1.[N-]=[N+]=N[C@]1(CO)O[C@@H](n2ccc(N)nc2=O)[C@H](O)[C@@H]1O. The first-order chi connectivity index (χ1) is 49.5. The van der Waals surface area contributed by atoms with Crippen LogP contribution >= 0.6 is 0 Å². The van der Waals surface area contributed by atoms with Crippen LogP contribution in [0.4, 0.5) is 36.4 Å². The lowest BCUT2D eigenvalue weighted by molar-refractivity contribution is -0.140. The van der Waals surface area contributed by atoms with Crippen molar-refractivity contribution in [2.45, 2.75) is 148 Å². The minimum absolute atomic E-state index is 0.0252. The van der Waals surface area contributed by atoms with Gasteiger partial charge in [0.25, 0.3) is 11.1 Å². The highest BCUT2D eigenvalue weighted by atomic mass is 19.3. The van der Waals surface area contributed by atoms with Crippen LogP contribution in [0.25, 0.3) is 10.4 Å². The number of hydrogen-bond acceptors (Lipinski definition) is 36. The van der Waals surface area contributed by atoms with Gasteiger partial charge in [0, 0.05) is 60.1 Å². The lowest BCUT2D eigenvalue weighted by Crippen LogP contribution is -2.44. The number of rotatable bonds is 13. The van der Waals surface area contributed by atoms with Gasteiger partial charge in [0.1, 0.15) is 90.5 Å². The van der Waals surface area contributed by atoms with E-state index < -0.39 is 200 Å². The molecule has 5 saturated heterocycles. The Morgan fingerprint density at radius 2 is 1.04 bits per heavy atom. The molecule has 12 heterocycles. The summed E-state index contributed by atoms with van der Waals surface area (Å²) in [7, 11) is 0. The Bertz CT molecular complexity index is 4550. The molecule has 12 rings (SSSR count). The molecule has 0 saturated carbocycles. The highest BCUT2D eigenvalue weighted by Crippen LogP contribution is 2.43. The Kier molecular flexibility index (Phi) is 27.4. The van der Waals surface area contributed by atoms with Gasteiger partial charge in [0.2, 0.25) is 12.0 Å². The largest absolute Gasteiger partial charge is 0.394 e. The maximum Gasteiger partial charge on any atom is 0.351 e. The van der Waals surface area contributed by atoms with Crippen LogP contribution < -0.4 is 68.2 Å². The summed E-state index contributed by atoms with van der Waals surface area (Å²) >= 11 is 0. The molecule has 1 unspecified atom stereocenters. The number of alkyl halides is 3. The van der Waals surface area contributed by atoms with Crippen molar-refractivity contribution in [3.8, 4) is 0 Å². The van der Waals surface area contributed by atoms with E-state index in [1.54, 1.807) is 19.1 Å². The summed E-state index contributed by atoms with van der Waals surface area (Å²) in [6, 6.07) is 6.33. The van der Waals surface area contributed by atoms with E-state index in [2.05, 4.69) is 34.9 Å². The molecule has 0 amide bonds. The highest BCUT2D eigenvalue weighted by Gasteiger charge is 2.60. The molecule has 20 atom stereocenters. The molecule has 6 aromatic rings. The molecule has 5 fully saturated rings. The Morgan fingerprint density at radius 3 is 1.49 bits per heavy atom. The molecule has 0 spiro atoms. The van der Waals surface area contributed by atoms with Crippen LogP contribution in [-0.4, -0.2) is 254 Å². The van der Waals surface area contributed by atoms with Crippen molar-refractivity contribution in [2.75, 3.05) is 62.6 Å². The van der Waals surface area contributed by atoms with Crippen molar-refractivity contribution in [3.63, 3.8) is 0 Å². The predicted octanol–water partition coefficient (Wildman–Crippen LogP) is -9.50. The van der Waals surface area contributed by atoms with Crippen molar-refractivity contribution >= 4 is 23.3 Å². The number of nitrogens with two attached hydrogens (primary N) is 4. The van der Waals surface area contributed by atoms with Gasteiger partial charge in [-0.1, -0.05) is 11.2 Å². The summed E-state index contributed by atoms with van der Waals surface area (Å²) in [5.74, 6) is -3.66. The third kappa shape index (κ3) is 18.5. The van der Waals surface area contributed by atoms with Gasteiger partial charge in [0.05, 0.1) is 45.7 Å². The lowest BCUT2D eigenvalue weighted by Gasteiger charge is -2.24. The Morgan fingerprint density at radius 1 is 0.552 bits per heavy atom. The summed E-state index contributed by atoms with van der Waals surface area (Å²) in [6.07, 6.45) is -11.0. The van der Waals surface area contributed by atoms with Crippen LogP contribution in [0.2, 0.25) is 0 Å². The molecule has 0 radical (unpaired) electrons. The lowest BCUT2D eigenvalue weighted by atomic mass is 9.98. The maximum atomic E-state index is 14.3. The monoisotopic (exact) mass is 1500 g/mol. The van der Waals surface area contributed by atoms with Crippen LogP contribution in [0.15, 0.2) is 123 Å². The van der Waals surface area contributed by atoms with Crippen LogP contribution in [0.5, 0.6) is 0 Å². The zero-order valence-electron chi connectivity index (χ0n) is 54.6. The van der Waals surface area contributed by atoms with E-state index >= 15 is 0 Å². The third-order valence-corrected chi connectivity index (χ3v) is 16.2. The highest BCUT2D eigenvalue weighted by molar-refractivity contribution is 5.26. The van der Waals surface area contributed by atoms with E-state index in [1.807, 2.05) is 4.98 Å². The number of nitrogens with one attached hydrogen (secondary N) is 2. The Labute approximate surface area is 582 Å². The second-order valence-corrected chi connectivity index (χ2v) is 23.4. The first-order valence-electron chi connectivity index (χ1n) is 30.7. The number of aromatic nitrogens is 12. The molecule has 6 aliphatic heterocycles. The van der Waals surface area contributed by atoms with E-state index in [4.69, 9.17) is 82.4 Å². The molecular weight excluding hydrogens is 1430 g/mol. The first kappa shape index (κ1) is 82.4. The minimum atomic E-state index is -3.71. The van der Waals surface area contributed by atoms with Crippen LogP contribution in [-0.2, 0) is 28.4 Å². The third-order valence-electron chi connectivity index (χ3n) is 16.2. The second-order valence-electron chi connectivity index (χ2n) is 23.4. The van der Waals surface area contributed by atoms with Gasteiger partial charge in [-0.15, -0.1) is 0 Å². The van der Waals surface area contributed by atoms with E-state index in [-0.39, 0.29) is 42.9 Å². The van der Waals surface area contributed by atoms with Crippen molar-refractivity contribution in [1.82, 2.24) is 57.3 Å². The van der Waals surface area contributed by atoms with Crippen molar-refractivity contribution < 1.29 is 108 Å². The Hall–Kier alpha value is -9.84. The number of H-pyrrole nitrogens is 2. The molecule has 576 valence electrons. The normalized spacial score (nSPS) is 31.1. The molecule has 6 aliphatic rings. The molecule has 23 N–H and O–H groups in total. The first-order valence-corrected chi connectivity index (χ1v) is 30.7. The number of azide groups is 1. The zero-order chi connectivity index (χ0) is 77.9. The van der Waals surface area contributed by atoms with Gasteiger partial charge in [0.15, 0.2) is 36.7 Å². The minimum Gasteiger partial charge on any atom is -0.394 e. The fraction of sp³-hybridized carbons (Fsp3) is 0.536. The number of aryl methyl sites for hydroxylation is 1. The van der Waals surface area contributed by atoms with E-state index in [0.29, 0.717) is 10.1 Å². The number of aliphatic hydroxyl groups is 13. The molecule has 6 aromatic heterocycles. The number of ether oxygens (including phenoxy) is 6. The smallest absolute Gasteiger partial charge is 0.351 e. The summed E-state index contributed by atoms with van der Waals surface area (Å²) in [5.41, 5.74) is 20.3. The molecule has 46 nitrogen and oxygen atoms in total. The molecule has 0 bridgehead atoms. The van der Waals surface area contributed by atoms with Crippen molar-refractivity contribution in [3.05, 3.63) is 179 Å². The standard InChI is InChI=1S/C10H13FN2O5.C10H12N2O4.C9H11F2N3O4.C9H12N6O5.C9H13N3O5.C9H13N3O4/c1-10(11)7(16)5(4-14)18-8(10)13-3-2-6(15)12-9(13)17;1-6-4-12(10(15)11-9(6)14)8-3-2-7(5-13)16-8;10-9(11)6(16)4(3-15)18-7(9)14-2-1-5(12)13-8(14)17;10-4-1-2-15(8(19)12-4)7-5(17)6(18)9(3-16,20-7)13-14-11;10-5-1-2-12(9(16)11-5)8-7(15)6(14)4(3-13)17-8;10-7-1-2-12(9(15)11-7)8-3-5(14)6(4-13)16-8/h2-3,5,7-8,14,16H,4H2,1H3,(H,12,15,17);2-4,7-8,13H,5H2,1H3,(H,11,14,15);1-2,4,6-7,15-16H,3H2,(H2,12,13,17);1-2,5-7,16-18H,3H2,(H2,10,12,19);1-2,4,6-8,13-15H,3H2,(H2,10,11,16);1-2,5-6,8,13-14H,3-4H2,(H2,10,11,15)/t5-,7-,8-,10-;7-,8+;4-,6-,7-;5-,6+,7-,9-;4?,6-,7+,8-;5-,6+,8+/m101110/s1. The number of hydrogen-bond donors (Lipinski definition) is 19. The zero-order valence-corrected chi connectivity index (χ0v) is 54.6. The number of nitrogen functional groups attached to an aromatic ring is 4. The second kappa shape index (κ2) is 34.8. The van der Waals surface area contributed by atoms with Gasteiger partial charge in [-0.05, 0) is 49.7 Å².